The highest BCUT2D eigenvalue weighted by Crippen LogP contribution is 2.36. The van der Waals surface area contributed by atoms with Gasteiger partial charge in [0.05, 0.1) is 36.1 Å². The van der Waals surface area contributed by atoms with Crippen molar-refractivity contribution in [1.82, 2.24) is 9.78 Å². The molecule has 118 valence electrons. The van der Waals surface area contributed by atoms with Gasteiger partial charge < -0.3 is 19.8 Å². The Morgan fingerprint density at radius 3 is 2.52 bits per heavy atom. The van der Waals surface area contributed by atoms with Crippen molar-refractivity contribution in [2.24, 2.45) is 5.73 Å². The Labute approximate surface area is 127 Å². The lowest BCUT2D eigenvalue weighted by Crippen LogP contribution is -2.41. The van der Waals surface area contributed by atoms with E-state index in [9.17, 15) is 0 Å². The highest BCUT2D eigenvalue weighted by Gasteiger charge is 2.52. The summed E-state index contributed by atoms with van der Waals surface area (Å²) in [4.78, 5) is 0. The highest BCUT2D eigenvalue weighted by atomic mass is 16.7. The third-order valence-corrected chi connectivity index (χ3v) is 4.23. The van der Waals surface area contributed by atoms with Crippen LogP contribution in [0.4, 0.5) is 0 Å². The summed E-state index contributed by atoms with van der Waals surface area (Å²) in [5.41, 5.74) is 5.64. The smallest absolute Gasteiger partial charge is 0.398 e. The minimum Gasteiger partial charge on any atom is -0.398 e. The van der Waals surface area contributed by atoms with Crippen LogP contribution in [0.15, 0.2) is 12.3 Å². The molecule has 6 nitrogen and oxygen atoms in total. The van der Waals surface area contributed by atoms with Gasteiger partial charge >= 0.3 is 7.12 Å². The number of rotatable bonds is 6. The topological polar surface area (TPSA) is 71.5 Å². The number of ether oxygens (including phenoxy) is 1. The Kier molecular flexibility index (Phi) is 4.77. The van der Waals surface area contributed by atoms with Gasteiger partial charge in [-0.15, -0.1) is 0 Å². The zero-order valence-corrected chi connectivity index (χ0v) is 13.6. The van der Waals surface area contributed by atoms with Crippen LogP contribution in [-0.2, 0) is 14.0 Å². The average molecular weight is 295 g/mol. The second-order valence-corrected chi connectivity index (χ2v) is 6.50. The van der Waals surface area contributed by atoms with E-state index in [4.69, 9.17) is 19.8 Å². The molecule has 1 saturated heterocycles. The van der Waals surface area contributed by atoms with Crippen LogP contribution >= 0.6 is 0 Å². The summed E-state index contributed by atoms with van der Waals surface area (Å²) in [5, 5.41) is 4.38. The van der Waals surface area contributed by atoms with Crippen molar-refractivity contribution in [3.63, 3.8) is 0 Å². The normalized spacial score (nSPS) is 21.7. The maximum absolute atomic E-state index is 6.08. The summed E-state index contributed by atoms with van der Waals surface area (Å²) < 4.78 is 19.6. The van der Waals surface area contributed by atoms with Crippen molar-refractivity contribution in [3.8, 4) is 0 Å². The van der Waals surface area contributed by atoms with Gasteiger partial charge in [0.15, 0.2) is 0 Å². The van der Waals surface area contributed by atoms with Gasteiger partial charge in [0.1, 0.15) is 0 Å². The molecule has 0 saturated carbocycles. The lowest BCUT2D eigenvalue weighted by atomic mass is 9.84. The van der Waals surface area contributed by atoms with Crippen molar-refractivity contribution in [2.45, 2.75) is 51.9 Å². The van der Waals surface area contributed by atoms with E-state index in [0.29, 0.717) is 19.8 Å². The first kappa shape index (κ1) is 16.5. The summed E-state index contributed by atoms with van der Waals surface area (Å²) in [6.07, 6.45) is 1.76. The molecule has 0 spiro atoms. The minimum atomic E-state index is -0.408. The zero-order valence-electron chi connectivity index (χ0n) is 13.6. The van der Waals surface area contributed by atoms with E-state index < -0.39 is 7.12 Å². The van der Waals surface area contributed by atoms with Crippen LogP contribution in [0.1, 0.15) is 40.7 Å². The Hall–Kier alpha value is -0.885. The van der Waals surface area contributed by atoms with Gasteiger partial charge in [-0.05, 0) is 40.7 Å². The van der Waals surface area contributed by atoms with Crippen LogP contribution in [0.5, 0.6) is 0 Å². The number of nitrogens with zero attached hydrogens (tertiary/aromatic N) is 2. The molecular weight excluding hydrogens is 269 g/mol. The molecule has 2 heterocycles. The van der Waals surface area contributed by atoms with Crippen molar-refractivity contribution in [1.29, 1.82) is 0 Å². The second kappa shape index (κ2) is 6.08. The van der Waals surface area contributed by atoms with Gasteiger partial charge in [-0.25, -0.2) is 0 Å². The predicted molar refractivity (Wildman–Crippen MR) is 82.5 cm³/mol. The standard InChI is InChI=1S/C14H26BN3O3/c1-11(10-19-9-7-16)18-12(6-8-17-18)15-20-13(2,3)14(4,5)21-15/h6,8,11H,7,9-10,16H2,1-5H3/t11-/m1/s1. The van der Waals surface area contributed by atoms with Crippen LogP contribution in [0.25, 0.3) is 0 Å². The van der Waals surface area contributed by atoms with Gasteiger partial charge in [0.2, 0.25) is 0 Å². The minimum absolute atomic E-state index is 0.0978. The quantitative estimate of drug-likeness (QED) is 0.618. The van der Waals surface area contributed by atoms with E-state index >= 15 is 0 Å². The second-order valence-electron chi connectivity index (χ2n) is 6.50. The molecule has 2 rings (SSSR count). The summed E-state index contributed by atoms with van der Waals surface area (Å²) in [5.74, 6) is 0. The maximum atomic E-state index is 6.08. The lowest BCUT2D eigenvalue weighted by Gasteiger charge is -2.32. The zero-order chi connectivity index (χ0) is 15.7. The molecule has 0 amide bonds. The van der Waals surface area contributed by atoms with E-state index in [-0.39, 0.29) is 17.2 Å². The van der Waals surface area contributed by atoms with E-state index in [0.717, 1.165) is 5.59 Å². The third-order valence-electron chi connectivity index (χ3n) is 4.23. The van der Waals surface area contributed by atoms with Gasteiger partial charge in [-0.1, -0.05) is 0 Å². The first-order valence-corrected chi connectivity index (χ1v) is 7.45. The Morgan fingerprint density at radius 2 is 1.95 bits per heavy atom. The van der Waals surface area contributed by atoms with Crippen LogP contribution in [-0.4, -0.2) is 47.9 Å². The summed E-state index contributed by atoms with van der Waals surface area (Å²) >= 11 is 0. The van der Waals surface area contributed by atoms with Crippen molar-refractivity contribution in [3.05, 3.63) is 12.3 Å². The number of aromatic nitrogens is 2. The Balaban J connectivity index is 2.11. The van der Waals surface area contributed by atoms with Gasteiger partial charge in [0, 0.05) is 12.7 Å². The molecule has 1 fully saturated rings. The molecule has 1 atom stereocenters. The molecule has 0 aliphatic carbocycles. The molecular formula is C14H26BN3O3. The molecule has 0 unspecified atom stereocenters. The molecule has 0 bridgehead atoms. The monoisotopic (exact) mass is 295 g/mol. The molecule has 2 N–H and O–H groups in total. The molecule has 1 aromatic rings. The first-order valence-electron chi connectivity index (χ1n) is 7.45. The van der Waals surface area contributed by atoms with Crippen molar-refractivity contribution >= 4 is 12.7 Å². The first-order chi connectivity index (χ1) is 9.78. The van der Waals surface area contributed by atoms with E-state index in [2.05, 4.69) is 12.0 Å². The maximum Gasteiger partial charge on any atom is 0.514 e. The van der Waals surface area contributed by atoms with Crippen LogP contribution < -0.4 is 11.3 Å². The average Bonchev–Trinajstić information content (AvgIpc) is 2.93. The summed E-state index contributed by atoms with van der Waals surface area (Å²) in [6, 6.07) is 2.03. The number of hydrogen-bond donors (Lipinski definition) is 1. The van der Waals surface area contributed by atoms with Crippen LogP contribution in [0.2, 0.25) is 0 Å². The molecule has 0 aromatic carbocycles. The van der Waals surface area contributed by atoms with Crippen molar-refractivity contribution in [2.75, 3.05) is 19.8 Å². The Morgan fingerprint density at radius 1 is 1.33 bits per heavy atom. The number of hydrogen-bond acceptors (Lipinski definition) is 5. The molecule has 7 heteroatoms. The fourth-order valence-electron chi connectivity index (χ4n) is 2.25. The van der Waals surface area contributed by atoms with E-state index in [1.54, 1.807) is 6.20 Å². The van der Waals surface area contributed by atoms with Gasteiger partial charge in [-0.3, -0.25) is 4.68 Å². The fraction of sp³-hybridized carbons (Fsp3) is 0.786. The van der Waals surface area contributed by atoms with Crippen LogP contribution in [0, 0.1) is 0 Å². The molecule has 0 radical (unpaired) electrons. The SMILES string of the molecule is C[C@H](COCCN)n1nccc1B1OC(C)(C)C(C)(C)O1. The van der Waals surface area contributed by atoms with Crippen LogP contribution in [0.3, 0.4) is 0 Å². The van der Waals surface area contributed by atoms with Gasteiger partial charge in [0.25, 0.3) is 0 Å². The molecule has 1 aliphatic heterocycles. The van der Waals surface area contributed by atoms with E-state index in [1.165, 1.54) is 0 Å². The van der Waals surface area contributed by atoms with Gasteiger partial charge in [-0.2, -0.15) is 5.10 Å². The third kappa shape index (κ3) is 3.31. The fourth-order valence-corrected chi connectivity index (χ4v) is 2.25. The molecule has 1 aromatic heterocycles. The van der Waals surface area contributed by atoms with E-state index in [1.807, 2.05) is 38.4 Å². The number of nitrogens with two attached hydrogens (primary N) is 1. The molecule has 1 aliphatic rings. The van der Waals surface area contributed by atoms with Crippen molar-refractivity contribution < 1.29 is 14.0 Å². The summed E-state index contributed by atoms with van der Waals surface area (Å²) in [7, 11) is -0.408. The lowest BCUT2D eigenvalue weighted by molar-refractivity contribution is 0.00578. The Bertz CT molecular complexity index is 460. The summed E-state index contributed by atoms with van der Waals surface area (Å²) in [6.45, 7) is 11.9. The highest BCUT2D eigenvalue weighted by molar-refractivity contribution is 6.61. The molecule has 21 heavy (non-hydrogen) atoms. The largest absolute Gasteiger partial charge is 0.514 e. The predicted octanol–water partition coefficient (Wildman–Crippen LogP) is 0.719.